The summed E-state index contributed by atoms with van der Waals surface area (Å²) in [5, 5.41) is 7.73. The first-order chi connectivity index (χ1) is 25.7. The Kier molecular flexibility index (Phi) is 7.41. The fourth-order valence-corrected chi connectivity index (χ4v) is 8.66. The van der Waals surface area contributed by atoms with Crippen molar-refractivity contribution < 1.29 is 0 Å². The van der Waals surface area contributed by atoms with Crippen molar-refractivity contribution in [3.63, 3.8) is 0 Å². The molecule has 10 rings (SSSR count). The van der Waals surface area contributed by atoms with Crippen molar-refractivity contribution in [1.29, 1.82) is 0 Å². The van der Waals surface area contributed by atoms with E-state index in [0.29, 0.717) is 0 Å². The molecule has 1 aromatic heterocycles. The Bertz CT molecular complexity index is 2890. The molecule has 0 unspecified atom stereocenters. The van der Waals surface area contributed by atoms with Crippen molar-refractivity contribution in [2.24, 2.45) is 0 Å². The minimum Gasteiger partial charge on any atom is -0.310 e. The number of fused-ring (bicyclic) bond motifs is 5. The maximum atomic E-state index is 2.36. The van der Waals surface area contributed by atoms with Gasteiger partial charge in [-0.25, -0.2) is 0 Å². The van der Waals surface area contributed by atoms with Crippen LogP contribution in [0.5, 0.6) is 0 Å². The van der Waals surface area contributed by atoms with Crippen LogP contribution in [0.2, 0.25) is 0 Å². The number of hydrogen-bond acceptors (Lipinski definition) is 2. The van der Waals surface area contributed by atoms with Crippen molar-refractivity contribution in [3.8, 4) is 33.4 Å². The molecule has 0 atom stereocenters. The second-order valence-electron chi connectivity index (χ2n) is 13.4. The highest BCUT2D eigenvalue weighted by Crippen LogP contribution is 2.40. The van der Waals surface area contributed by atoms with E-state index >= 15 is 0 Å². The normalized spacial score (nSPS) is 11.5. The van der Waals surface area contributed by atoms with Gasteiger partial charge in [0.2, 0.25) is 0 Å². The first-order valence-electron chi connectivity index (χ1n) is 17.7. The van der Waals surface area contributed by atoms with E-state index in [1.165, 1.54) is 75.1 Å². The standard InChI is InChI=1S/C50H33NS/c1-2-9-34(10-3-1)39-13-8-14-46(31-39)51(44-25-21-36(22-26-44)40-18-17-35-11-4-5-12-38(35)29-40)45-27-23-37(24-28-45)41-19-20-42-32-48-47-15-6-7-16-49(47)52-50(48)33-43(42)30-41/h1-33H. The predicted molar refractivity (Wildman–Crippen MR) is 225 cm³/mol. The number of rotatable bonds is 6. The third-order valence-corrected chi connectivity index (χ3v) is 11.3. The van der Waals surface area contributed by atoms with Crippen molar-refractivity contribution in [3.05, 3.63) is 200 Å². The molecule has 0 amide bonds. The SMILES string of the molecule is c1ccc(-c2cccc(N(c3ccc(-c4ccc5ccccc5c4)cc3)c3ccc(-c4ccc5cc6c(cc5c4)sc4ccccc46)cc3)c2)cc1. The summed E-state index contributed by atoms with van der Waals surface area (Å²) in [6.07, 6.45) is 0. The van der Waals surface area contributed by atoms with Gasteiger partial charge in [0.25, 0.3) is 0 Å². The van der Waals surface area contributed by atoms with E-state index in [4.69, 9.17) is 0 Å². The fraction of sp³-hybridized carbons (Fsp3) is 0. The zero-order chi connectivity index (χ0) is 34.4. The van der Waals surface area contributed by atoms with Gasteiger partial charge in [-0.05, 0) is 122 Å². The largest absolute Gasteiger partial charge is 0.310 e. The average molecular weight is 680 g/mol. The Balaban J connectivity index is 1.03. The molecule has 0 aliphatic rings. The second kappa shape index (κ2) is 12.7. The summed E-state index contributed by atoms with van der Waals surface area (Å²) in [4.78, 5) is 2.36. The van der Waals surface area contributed by atoms with E-state index in [9.17, 15) is 0 Å². The topological polar surface area (TPSA) is 3.24 Å². The lowest BCUT2D eigenvalue weighted by atomic mass is 9.99. The van der Waals surface area contributed by atoms with Crippen LogP contribution in [0, 0.1) is 0 Å². The fourth-order valence-electron chi connectivity index (χ4n) is 7.53. The van der Waals surface area contributed by atoms with Crippen molar-refractivity contribution in [2.45, 2.75) is 0 Å². The molecule has 52 heavy (non-hydrogen) atoms. The van der Waals surface area contributed by atoms with Crippen LogP contribution in [0.25, 0.3) is 75.1 Å². The smallest absolute Gasteiger partial charge is 0.0467 e. The molecule has 0 aliphatic carbocycles. The molecule has 0 fully saturated rings. The van der Waals surface area contributed by atoms with Gasteiger partial charge in [-0.2, -0.15) is 0 Å². The van der Waals surface area contributed by atoms with Gasteiger partial charge in [-0.15, -0.1) is 11.3 Å². The summed E-state index contributed by atoms with van der Waals surface area (Å²) >= 11 is 1.87. The van der Waals surface area contributed by atoms with Crippen LogP contribution in [0.1, 0.15) is 0 Å². The lowest BCUT2D eigenvalue weighted by Crippen LogP contribution is -2.10. The summed E-state index contributed by atoms with van der Waals surface area (Å²) in [6, 6.07) is 73.0. The van der Waals surface area contributed by atoms with Crippen LogP contribution in [0.4, 0.5) is 17.1 Å². The van der Waals surface area contributed by atoms with Gasteiger partial charge < -0.3 is 4.90 Å². The maximum Gasteiger partial charge on any atom is 0.0467 e. The molecule has 0 bridgehead atoms. The van der Waals surface area contributed by atoms with E-state index < -0.39 is 0 Å². The zero-order valence-electron chi connectivity index (χ0n) is 28.4. The van der Waals surface area contributed by atoms with Crippen molar-refractivity contribution in [1.82, 2.24) is 0 Å². The first kappa shape index (κ1) is 30.4. The van der Waals surface area contributed by atoms with Crippen LogP contribution in [-0.4, -0.2) is 0 Å². The van der Waals surface area contributed by atoms with E-state index in [-0.39, 0.29) is 0 Å². The molecular weight excluding hydrogens is 647 g/mol. The lowest BCUT2D eigenvalue weighted by Gasteiger charge is -2.26. The molecule has 0 saturated carbocycles. The Labute approximate surface area is 307 Å². The molecule has 1 heterocycles. The quantitative estimate of drug-likeness (QED) is 0.169. The van der Waals surface area contributed by atoms with Crippen LogP contribution >= 0.6 is 11.3 Å². The van der Waals surface area contributed by atoms with E-state index in [0.717, 1.165) is 17.1 Å². The summed E-state index contributed by atoms with van der Waals surface area (Å²) in [5.74, 6) is 0. The average Bonchev–Trinajstić information content (AvgIpc) is 3.58. The maximum absolute atomic E-state index is 2.36. The molecule has 0 saturated heterocycles. The third-order valence-electron chi connectivity index (χ3n) is 10.2. The molecule has 9 aromatic carbocycles. The zero-order valence-corrected chi connectivity index (χ0v) is 29.2. The molecule has 0 N–H and O–H groups in total. The molecule has 10 aromatic rings. The summed E-state index contributed by atoms with van der Waals surface area (Å²) in [5.41, 5.74) is 10.6. The minimum absolute atomic E-state index is 1.11. The molecule has 244 valence electrons. The van der Waals surface area contributed by atoms with Gasteiger partial charge in [-0.3, -0.25) is 0 Å². The second-order valence-corrected chi connectivity index (χ2v) is 14.5. The van der Waals surface area contributed by atoms with E-state index in [1.54, 1.807) is 0 Å². The van der Waals surface area contributed by atoms with E-state index in [2.05, 4.69) is 205 Å². The Morgan fingerprint density at radius 3 is 1.56 bits per heavy atom. The Hall–Kier alpha value is -6.48. The molecule has 0 aliphatic heterocycles. The number of anilines is 3. The third kappa shape index (κ3) is 5.51. The highest BCUT2D eigenvalue weighted by Gasteiger charge is 2.15. The predicted octanol–water partition coefficient (Wildman–Crippen LogP) is 14.8. The first-order valence-corrected chi connectivity index (χ1v) is 18.6. The van der Waals surface area contributed by atoms with E-state index in [1.807, 2.05) is 11.3 Å². The molecule has 1 nitrogen and oxygen atoms in total. The van der Waals surface area contributed by atoms with Crippen LogP contribution in [-0.2, 0) is 0 Å². The molecule has 2 heteroatoms. The van der Waals surface area contributed by atoms with Crippen molar-refractivity contribution in [2.75, 3.05) is 4.90 Å². The van der Waals surface area contributed by atoms with Crippen LogP contribution < -0.4 is 4.90 Å². The van der Waals surface area contributed by atoms with Gasteiger partial charge >= 0.3 is 0 Å². The molecule has 0 radical (unpaired) electrons. The van der Waals surface area contributed by atoms with Gasteiger partial charge in [0, 0.05) is 37.2 Å². The monoisotopic (exact) mass is 679 g/mol. The van der Waals surface area contributed by atoms with Gasteiger partial charge in [0.1, 0.15) is 0 Å². The lowest BCUT2D eigenvalue weighted by molar-refractivity contribution is 1.28. The number of benzene rings is 9. The van der Waals surface area contributed by atoms with Gasteiger partial charge in [-0.1, -0.05) is 133 Å². The Morgan fingerprint density at radius 2 is 0.808 bits per heavy atom. The molecular formula is C50H33NS. The highest BCUT2D eigenvalue weighted by molar-refractivity contribution is 7.25. The summed E-state index contributed by atoms with van der Waals surface area (Å²) < 4.78 is 2.67. The number of thiophene rings is 1. The minimum atomic E-state index is 1.11. The highest BCUT2D eigenvalue weighted by atomic mass is 32.1. The summed E-state index contributed by atoms with van der Waals surface area (Å²) in [7, 11) is 0. The van der Waals surface area contributed by atoms with Gasteiger partial charge in [0.15, 0.2) is 0 Å². The summed E-state index contributed by atoms with van der Waals surface area (Å²) in [6.45, 7) is 0. The van der Waals surface area contributed by atoms with Crippen LogP contribution in [0.3, 0.4) is 0 Å². The Morgan fingerprint density at radius 1 is 0.269 bits per heavy atom. The van der Waals surface area contributed by atoms with Crippen molar-refractivity contribution >= 4 is 70.1 Å². The van der Waals surface area contributed by atoms with Crippen LogP contribution in [0.15, 0.2) is 200 Å². The molecule has 0 spiro atoms. The van der Waals surface area contributed by atoms with Gasteiger partial charge in [0.05, 0.1) is 0 Å². The number of nitrogens with zero attached hydrogens (tertiary/aromatic N) is 1. The number of hydrogen-bond donors (Lipinski definition) is 0.